The molecule has 3 rings (SSSR count). The van der Waals surface area contributed by atoms with Crippen molar-refractivity contribution < 1.29 is 14.1 Å². The van der Waals surface area contributed by atoms with Crippen molar-refractivity contribution in [2.75, 3.05) is 13.1 Å². The molecule has 2 heterocycles. The molecule has 0 bridgehead atoms. The molecule has 0 spiro atoms. The Labute approximate surface area is 141 Å². The van der Waals surface area contributed by atoms with Gasteiger partial charge in [0, 0.05) is 19.4 Å². The average Bonchev–Trinajstić information content (AvgIpc) is 3.00. The van der Waals surface area contributed by atoms with E-state index in [4.69, 9.17) is 9.26 Å². The van der Waals surface area contributed by atoms with E-state index < -0.39 is 0 Å². The number of morpholine rings is 1. The van der Waals surface area contributed by atoms with E-state index in [1.54, 1.807) is 6.92 Å². The van der Waals surface area contributed by atoms with Gasteiger partial charge < -0.3 is 14.2 Å². The molecule has 2 aromatic rings. The number of hydrogen-bond donors (Lipinski definition) is 0. The van der Waals surface area contributed by atoms with Gasteiger partial charge in [-0.2, -0.15) is 4.98 Å². The maximum atomic E-state index is 12.5. The van der Waals surface area contributed by atoms with Gasteiger partial charge in [0.15, 0.2) is 5.82 Å². The summed E-state index contributed by atoms with van der Waals surface area (Å²) in [6, 6.07) is 10.1. The number of aryl methyl sites for hydroxylation is 2. The largest absolute Gasteiger partial charge is 0.367 e. The number of hydrogen-bond acceptors (Lipinski definition) is 5. The lowest BCUT2D eigenvalue weighted by molar-refractivity contribution is -0.145. The van der Waals surface area contributed by atoms with Gasteiger partial charge in [-0.3, -0.25) is 4.79 Å². The molecule has 1 aromatic carbocycles. The van der Waals surface area contributed by atoms with Crippen molar-refractivity contribution in [2.45, 2.75) is 45.3 Å². The van der Waals surface area contributed by atoms with Crippen molar-refractivity contribution >= 4 is 5.91 Å². The molecule has 0 radical (unpaired) electrons. The predicted octanol–water partition coefficient (Wildman–Crippen LogP) is 2.69. The van der Waals surface area contributed by atoms with Crippen LogP contribution < -0.4 is 0 Å². The fraction of sp³-hybridized carbons (Fsp3) is 0.500. The molecule has 6 heteroatoms. The zero-order valence-corrected chi connectivity index (χ0v) is 14.1. The normalized spacial score (nSPS) is 21.0. The van der Waals surface area contributed by atoms with Crippen LogP contribution in [0.1, 0.15) is 43.1 Å². The Morgan fingerprint density at radius 1 is 1.29 bits per heavy atom. The summed E-state index contributed by atoms with van der Waals surface area (Å²) in [4.78, 5) is 18.6. The first kappa shape index (κ1) is 16.6. The lowest BCUT2D eigenvalue weighted by Crippen LogP contribution is -2.45. The Morgan fingerprint density at radius 2 is 2.08 bits per heavy atom. The van der Waals surface area contributed by atoms with Gasteiger partial charge in [-0.25, -0.2) is 0 Å². The molecular weight excluding hydrogens is 306 g/mol. The van der Waals surface area contributed by atoms with Crippen molar-refractivity contribution in [1.29, 1.82) is 0 Å². The van der Waals surface area contributed by atoms with E-state index >= 15 is 0 Å². The summed E-state index contributed by atoms with van der Waals surface area (Å²) in [6.45, 7) is 5.04. The number of rotatable bonds is 5. The van der Waals surface area contributed by atoms with Crippen LogP contribution in [-0.2, 0) is 16.0 Å². The first-order valence-electron chi connectivity index (χ1n) is 8.39. The van der Waals surface area contributed by atoms with Crippen LogP contribution in [0, 0.1) is 6.92 Å². The lowest BCUT2D eigenvalue weighted by atomic mass is 10.1. The van der Waals surface area contributed by atoms with Crippen molar-refractivity contribution in [1.82, 2.24) is 15.0 Å². The molecule has 1 aliphatic rings. The van der Waals surface area contributed by atoms with Gasteiger partial charge in [-0.05, 0) is 25.8 Å². The molecular formula is C18H23N3O3. The molecule has 0 N–H and O–H groups in total. The predicted molar refractivity (Wildman–Crippen MR) is 88.3 cm³/mol. The molecule has 1 saturated heterocycles. The molecule has 2 atom stereocenters. The van der Waals surface area contributed by atoms with Crippen molar-refractivity contribution in [3.8, 4) is 0 Å². The van der Waals surface area contributed by atoms with Gasteiger partial charge in [-0.15, -0.1) is 0 Å². The lowest BCUT2D eigenvalue weighted by Gasteiger charge is -2.37. The third-order valence-corrected chi connectivity index (χ3v) is 4.14. The van der Waals surface area contributed by atoms with E-state index in [0.717, 1.165) is 5.56 Å². The topological polar surface area (TPSA) is 68.5 Å². The molecule has 24 heavy (non-hydrogen) atoms. The Morgan fingerprint density at radius 3 is 2.79 bits per heavy atom. The number of ether oxygens (including phenoxy) is 1. The molecule has 0 saturated carbocycles. The third-order valence-electron chi connectivity index (χ3n) is 4.14. The first-order valence-corrected chi connectivity index (χ1v) is 8.39. The SMILES string of the molecule is Cc1noc(CCCC(=O)N2CC(C)OC(c3ccccc3)C2)n1. The van der Waals surface area contributed by atoms with Crippen LogP contribution in [0.15, 0.2) is 34.9 Å². The molecule has 1 fully saturated rings. The minimum atomic E-state index is -0.0579. The fourth-order valence-corrected chi connectivity index (χ4v) is 3.00. The fourth-order valence-electron chi connectivity index (χ4n) is 3.00. The molecule has 0 aliphatic carbocycles. The highest BCUT2D eigenvalue weighted by Crippen LogP contribution is 2.25. The number of nitrogens with zero attached hydrogens (tertiary/aromatic N) is 3. The van der Waals surface area contributed by atoms with Crippen LogP contribution in [0.3, 0.4) is 0 Å². The highest BCUT2D eigenvalue weighted by atomic mass is 16.5. The Hall–Kier alpha value is -2.21. The van der Waals surface area contributed by atoms with E-state index in [2.05, 4.69) is 10.1 Å². The van der Waals surface area contributed by atoms with Gasteiger partial charge in [0.1, 0.15) is 6.10 Å². The zero-order chi connectivity index (χ0) is 16.9. The molecule has 1 aliphatic heterocycles. The van der Waals surface area contributed by atoms with Gasteiger partial charge in [0.05, 0.1) is 12.6 Å². The van der Waals surface area contributed by atoms with E-state index in [0.29, 0.717) is 44.1 Å². The smallest absolute Gasteiger partial charge is 0.226 e. The summed E-state index contributed by atoms with van der Waals surface area (Å²) in [5, 5.41) is 3.76. The van der Waals surface area contributed by atoms with Crippen LogP contribution in [-0.4, -0.2) is 40.1 Å². The molecule has 128 valence electrons. The van der Waals surface area contributed by atoms with Crippen LogP contribution >= 0.6 is 0 Å². The highest BCUT2D eigenvalue weighted by Gasteiger charge is 2.28. The average molecular weight is 329 g/mol. The number of carbonyl (C=O) groups excluding carboxylic acids is 1. The molecule has 2 unspecified atom stereocenters. The summed E-state index contributed by atoms with van der Waals surface area (Å²) >= 11 is 0. The van der Waals surface area contributed by atoms with Crippen LogP contribution in [0.2, 0.25) is 0 Å². The van der Waals surface area contributed by atoms with Crippen molar-refractivity contribution in [2.24, 2.45) is 0 Å². The van der Waals surface area contributed by atoms with Crippen LogP contribution in [0.25, 0.3) is 0 Å². The number of carbonyl (C=O) groups is 1. The number of amides is 1. The summed E-state index contributed by atoms with van der Waals surface area (Å²) in [5.41, 5.74) is 1.11. The van der Waals surface area contributed by atoms with Crippen molar-refractivity contribution in [3.05, 3.63) is 47.6 Å². The third kappa shape index (κ3) is 4.20. The summed E-state index contributed by atoms with van der Waals surface area (Å²) in [5.74, 6) is 1.38. The van der Waals surface area contributed by atoms with Gasteiger partial charge >= 0.3 is 0 Å². The minimum Gasteiger partial charge on any atom is -0.367 e. The van der Waals surface area contributed by atoms with E-state index in [-0.39, 0.29) is 18.1 Å². The maximum Gasteiger partial charge on any atom is 0.226 e. The van der Waals surface area contributed by atoms with E-state index in [1.807, 2.05) is 42.2 Å². The van der Waals surface area contributed by atoms with E-state index in [9.17, 15) is 4.79 Å². The second-order valence-electron chi connectivity index (χ2n) is 6.23. The first-order chi connectivity index (χ1) is 11.6. The maximum absolute atomic E-state index is 12.5. The molecule has 6 nitrogen and oxygen atoms in total. The summed E-state index contributed by atoms with van der Waals surface area (Å²) in [6.07, 6.45) is 1.80. The standard InChI is InChI=1S/C18H23N3O3/c1-13-11-21(12-16(23-13)15-7-4-3-5-8-15)18(22)10-6-9-17-19-14(2)20-24-17/h3-5,7-8,13,16H,6,9-12H2,1-2H3. The number of benzene rings is 1. The molecule has 1 amide bonds. The second kappa shape index (κ2) is 7.57. The van der Waals surface area contributed by atoms with Gasteiger partial charge in [0.2, 0.25) is 11.8 Å². The van der Waals surface area contributed by atoms with E-state index in [1.165, 1.54) is 0 Å². The zero-order valence-electron chi connectivity index (χ0n) is 14.1. The Bertz CT molecular complexity index is 671. The summed E-state index contributed by atoms with van der Waals surface area (Å²) in [7, 11) is 0. The monoisotopic (exact) mass is 329 g/mol. The quantitative estimate of drug-likeness (QED) is 0.843. The van der Waals surface area contributed by atoms with Gasteiger partial charge in [-0.1, -0.05) is 35.5 Å². The van der Waals surface area contributed by atoms with Crippen LogP contribution in [0.5, 0.6) is 0 Å². The Balaban J connectivity index is 1.53. The highest BCUT2D eigenvalue weighted by molar-refractivity contribution is 5.76. The summed E-state index contributed by atoms with van der Waals surface area (Å²) < 4.78 is 11.1. The second-order valence-corrected chi connectivity index (χ2v) is 6.23. The van der Waals surface area contributed by atoms with Crippen molar-refractivity contribution in [3.63, 3.8) is 0 Å². The Kier molecular flexibility index (Phi) is 5.25. The number of aromatic nitrogens is 2. The van der Waals surface area contributed by atoms with Gasteiger partial charge in [0.25, 0.3) is 0 Å². The molecule has 1 aromatic heterocycles. The minimum absolute atomic E-state index is 0.0338. The van der Waals surface area contributed by atoms with Crippen LogP contribution in [0.4, 0.5) is 0 Å².